The maximum Gasteiger partial charge on any atom is 0.255 e. The average Bonchev–Trinajstić information content (AvgIpc) is 3.90. The third kappa shape index (κ3) is 3.45. The lowest BCUT2D eigenvalue weighted by Gasteiger charge is -2.17. The molecule has 48 heavy (non-hydrogen) atoms. The molecule has 1 unspecified atom stereocenters. The van der Waals surface area contributed by atoms with Gasteiger partial charge in [-0.25, -0.2) is 0 Å². The zero-order chi connectivity index (χ0) is 31.3. The van der Waals surface area contributed by atoms with Crippen LogP contribution in [0.1, 0.15) is 6.35 Å². The molecule has 0 saturated heterocycles. The molecule has 1 aliphatic rings. The number of para-hydroxylation sites is 4. The summed E-state index contributed by atoms with van der Waals surface area (Å²) >= 11 is 0. The highest BCUT2D eigenvalue weighted by molar-refractivity contribution is 6.19. The third-order valence-electron chi connectivity index (χ3n) is 9.96. The summed E-state index contributed by atoms with van der Waals surface area (Å²) in [4.78, 5) is 0. The molecule has 5 heteroatoms. The van der Waals surface area contributed by atoms with Gasteiger partial charge in [-0.3, -0.25) is 4.57 Å². The Labute approximate surface area is 274 Å². The average molecular weight is 618 g/mol. The van der Waals surface area contributed by atoms with Crippen LogP contribution in [0, 0.1) is 0 Å². The first-order valence-corrected chi connectivity index (χ1v) is 16.3. The Morgan fingerprint density at radius 1 is 0.500 bits per heavy atom. The van der Waals surface area contributed by atoms with Crippen LogP contribution in [-0.2, 0) is 0 Å². The number of aromatic nitrogens is 2. The topological polar surface area (TPSA) is 44.3 Å². The van der Waals surface area contributed by atoms with Crippen molar-refractivity contribution >= 4 is 71.2 Å². The minimum atomic E-state index is -0.482. The summed E-state index contributed by atoms with van der Waals surface area (Å²) in [6.45, 7) is 0. The fourth-order valence-corrected chi connectivity index (χ4v) is 7.91. The molecule has 0 radical (unpaired) electrons. The zero-order valence-electron chi connectivity index (χ0n) is 25.7. The fraction of sp³-hybridized carbons (Fsp3) is 0.0233. The summed E-state index contributed by atoms with van der Waals surface area (Å²) in [5, 5.41) is 10.7. The molecule has 0 aliphatic carbocycles. The van der Waals surface area contributed by atoms with Crippen LogP contribution in [0.4, 0.5) is 5.69 Å². The number of furan rings is 1. The van der Waals surface area contributed by atoms with Gasteiger partial charge in [0.05, 0.1) is 33.1 Å². The minimum Gasteiger partial charge on any atom is -0.456 e. The molecule has 11 rings (SSSR count). The Hall–Kier alpha value is -6.46. The first-order valence-electron chi connectivity index (χ1n) is 16.3. The highest BCUT2D eigenvalue weighted by Crippen LogP contribution is 2.52. The molecule has 1 atom stereocenters. The van der Waals surface area contributed by atoms with Crippen LogP contribution in [-0.4, -0.2) is 9.13 Å². The van der Waals surface area contributed by atoms with E-state index in [0.29, 0.717) is 0 Å². The molecule has 0 bridgehead atoms. The first-order chi connectivity index (χ1) is 23.8. The van der Waals surface area contributed by atoms with Crippen LogP contribution in [0.25, 0.3) is 82.4 Å². The van der Waals surface area contributed by atoms with Crippen molar-refractivity contribution < 1.29 is 9.15 Å². The Kier molecular flexibility index (Phi) is 5.10. The number of nitrogens with zero attached hydrogens (tertiary/aromatic N) is 2. The SMILES string of the molecule is c1ccc(-c2cc3oc4ccccc4c3c3c2NC(n2c4ccccc4c4cc5c(cc42)c2ccccc2n5-c2ccccc2)O3)cc1. The molecule has 0 amide bonds. The highest BCUT2D eigenvalue weighted by atomic mass is 16.5. The minimum absolute atomic E-state index is 0.482. The first kappa shape index (κ1) is 25.7. The van der Waals surface area contributed by atoms with E-state index in [9.17, 15) is 0 Å². The number of nitrogens with one attached hydrogen (secondary N) is 1. The second-order valence-corrected chi connectivity index (χ2v) is 12.5. The van der Waals surface area contributed by atoms with Gasteiger partial charge in [-0.05, 0) is 54.1 Å². The number of rotatable bonds is 3. The smallest absolute Gasteiger partial charge is 0.255 e. The molecule has 0 spiro atoms. The molecule has 4 heterocycles. The number of ether oxygens (including phenoxy) is 1. The highest BCUT2D eigenvalue weighted by Gasteiger charge is 2.33. The van der Waals surface area contributed by atoms with Gasteiger partial charge < -0.3 is 19.0 Å². The lowest BCUT2D eigenvalue weighted by atomic mass is 10.0. The van der Waals surface area contributed by atoms with Crippen molar-refractivity contribution in [1.82, 2.24) is 9.13 Å². The molecule has 10 aromatic rings. The lowest BCUT2D eigenvalue weighted by molar-refractivity contribution is 0.195. The van der Waals surface area contributed by atoms with Crippen molar-refractivity contribution in [1.29, 1.82) is 0 Å². The Morgan fingerprint density at radius 3 is 1.94 bits per heavy atom. The van der Waals surface area contributed by atoms with Crippen LogP contribution in [0.2, 0.25) is 0 Å². The van der Waals surface area contributed by atoms with Crippen molar-refractivity contribution in [2.45, 2.75) is 6.35 Å². The van der Waals surface area contributed by atoms with Crippen LogP contribution < -0.4 is 10.1 Å². The zero-order valence-corrected chi connectivity index (χ0v) is 25.7. The van der Waals surface area contributed by atoms with Crippen molar-refractivity contribution in [3.05, 3.63) is 152 Å². The van der Waals surface area contributed by atoms with Crippen LogP contribution in [0.3, 0.4) is 0 Å². The standard InChI is InChI=1S/C43H27N3O2/c1-3-13-26(14-4-1)31-25-39-40(30-19-9-12-22-38(30)47-39)42-41(31)44-43(48-42)46-35-21-11-8-18-29(35)33-23-36-32(24-37(33)46)28-17-7-10-20-34(28)45(36)27-15-5-2-6-16-27/h1-25,43-44H. The van der Waals surface area contributed by atoms with Gasteiger partial charge in [0.25, 0.3) is 6.35 Å². The van der Waals surface area contributed by atoms with Gasteiger partial charge in [-0.15, -0.1) is 0 Å². The van der Waals surface area contributed by atoms with Gasteiger partial charge in [0, 0.05) is 38.2 Å². The number of hydrogen-bond acceptors (Lipinski definition) is 3. The van der Waals surface area contributed by atoms with E-state index in [0.717, 1.165) is 61.2 Å². The van der Waals surface area contributed by atoms with E-state index in [1.807, 2.05) is 18.2 Å². The van der Waals surface area contributed by atoms with Gasteiger partial charge in [0.2, 0.25) is 0 Å². The monoisotopic (exact) mass is 617 g/mol. The molecule has 3 aromatic heterocycles. The van der Waals surface area contributed by atoms with Crippen LogP contribution in [0.15, 0.2) is 156 Å². The fourth-order valence-electron chi connectivity index (χ4n) is 7.91. The molecule has 1 N–H and O–H groups in total. The second-order valence-electron chi connectivity index (χ2n) is 12.5. The van der Waals surface area contributed by atoms with Crippen molar-refractivity contribution in [3.8, 4) is 22.6 Å². The van der Waals surface area contributed by atoms with Crippen molar-refractivity contribution in [2.24, 2.45) is 0 Å². The predicted octanol–water partition coefficient (Wildman–Crippen LogP) is 11.4. The molecular formula is C43H27N3O2. The number of hydrogen-bond donors (Lipinski definition) is 1. The van der Waals surface area contributed by atoms with Crippen LogP contribution >= 0.6 is 0 Å². The normalized spacial score (nSPS) is 14.4. The van der Waals surface area contributed by atoms with Crippen LogP contribution in [0.5, 0.6) is 5.75 Å². The van der Waals surface area contributed by atoms with Crippen molar-refractivity contribution in [2.75, 3.05) is 5.32 Å². The van der Waals surface area contributed by atoms with E-state index in [2.05, 4.69) is 148 Å². The molecular weight excluding hydrogens is 590 g/mol. The molecule has 0 fully saturated rings. The molecule has 5 nitrogen and oxygen atoms in total. The Morgan fingerprint density at radius 2 is 1.12 bits per heavy atom. The molecule has 0 saturated carbocycles. The van der Waals surface area contributed by atoms with Gasteiger partial charge >= 0.3 is 0 Å². The van der Waals surface area contributed by atoms with Gasteiger partial charge in [-0.2, -0.15) is 0 Å². The number of fused-ring (bicyclic) bond motifs is 11. The van der Waals surface area contributed by atoms with E-state index in [-0.39, 0.29) is 0 Å². The van der Waals surface area contributed by atoms with Gasteiger partial charge in [0.1, 0.15) is 11.2 Å². The van der Waals surface area contributed by atoms with E-state index < -0.39 is 6.35 Å². The Balaban J connectivity index is 1.19. The number of benzene rings is 7. The lowest BCUT2D eigenvalue weighted by Crippen LogP contribution is -2.18. The third-order valence-corrected chi connectivity index (χ3v) is 9.96. The molecule has 7 aromatic carbocycles. The molecule has 226 valence electrons. The Bertz CT molecular complexity index is 2900. The largest absolute Gasteiger partial charge is 0.456 e. The van der Waals surface area contributed by atoms with E-state index in [1.165, 1.54) is 32.6 Å². The maximum absolute atomic E-state index is 7.07. The molecule has 1 aliphatic heterocycles. The summed E-state index contributed by atoms with van der Waals surface area (Å²) in [7, 11) is 0. The number of anilines is 1. The summed E-state index contributed by atoms with van der Waals surface area (Å²) in [6.07, 6.45) is -0.482. The van der Waals surface area contributed by atoms with E-state index >= 15 is 0 Å². The summed E-state index contributed by atoms with van der Waals surface area (Å²) in [5.41, 5.74) is 10.5. The van der Waals surface area contributed by atoms with Crippen molar-refractivity contribution in [3.63, 3.8) is 0 Å². The predicted molar refractivity (Wildman–Crippen MR) is 196 cm³/mol. The quantitative estimate of drug-likeness (QED) is 0.215. The van der Waals surface area contributed by atoms with E-state index in [4.69, 9.17) is 9.15 Å². The summed E-state index contributed by atoms with van der Waals surface area (Å²) < 4.78 is 18.2. The maximum atomic E-state index is 7.07. The van der Waals surface area contributed by atoms with E-state index in [1.54, 1.807) is 0 Å². The van der Waals surface area contributed by atoms with Gasteiger partial charge in [0.15, 0.2) is 5.75 Å². The van der Waals surface area contributed by atoms with Gasteiger partial charge in [-0.1, -0.05) is 103 Å². The second kappa shape index (κ2) is 9.53. The summed E-state index contributed by atoms with van der Waals surface area (Å²) in [6, 6.07) is 53.5. The summed E-state index contributed by atoms with van der Waals surface area (Å²) in [5.74, 6) is 0.814.